The van der Waals surface area contributed by atoms with Gasteiger partial charge in [0.1, 0.15) is 0 Å². The van der Waals surface area contributed by atoms with Gasteiger partial charge < -0.3 is 4.74 Å². The average molecular weight is 210 g/mol. The molecular weight excluding hydrogens is 184 g/mol. The van der Waals surface area contributed by atoms with Crippen molar-refractivity contribution in [1.82, 2.24) is 0 Å². The molecule has 1 atom stereocenters. The van der Waals surface area contributed by atoms with Crippen LogP contribution in [0.2, 0.25) is 0 Å². The average Bonchev–Trinajstić information content (AvgIpc) is 2.29. The smallest absolute Gasteiger partial charge is 0.0753 e. The number of ether oxygens (including phenoxy) is 1. The standard InChI is InChI=1S/C14H26O/c1-3-8-14(4-2)15-12-11-13-9-6-5-7-10-13/h4,13-14H,2-3,5-12H2,1H3/t14-/m0/s1. The molecule has 0 saturated heterocycles. The molecule has 0 bridgehead atoms. The molecule has 1 aliphatic rings. The zero-order valence-electron chi connectivity index (χ0n) is 10.2. The molecule has 0 aliphatic heterocycles. The molecule has 0 unspecified atom stereocenters. The first kappa shape index (κ1) is 12.8. The molecule has 0 amide bonds. The first-order valence-corrected chi connectivity index (χ1v) is 6.61. The molecule has 1 saturated carbocycles. The summed E-state index contributed by atoms with van der Waals surface area (Å²) in [5.74, 6) is 0.936. The highest BCUT2D eigenvalue weighted by Crippen LogP contribution is 2.26. The van der Waals surface area contributed by atoms with Crippen LogP contribution in [-0.4, -0.2) is 12.7 Å². The molecule has 88 valence electrons. The molecule has 1 aliphatic carbocycles. The Morgan fingerprint density at radius 2 is 2.07 bits per heavy atom. The van der Waals surface area contributed by atoms with Gasteiger partial charge in [-0.15, -0.1) is 6.58 Å². The van der Waals surface area contributed by atoms with Crippen LogP contribution in [0, 0.1) is 5.92 Å². The second-order valence-corrected chi connectivity index (χ2v) is 4.73. The van der Waals surface area contributed by atoms with Gasteiger partial charge in [-0.3, -0.25) is 0 Å². The predicted molar refractivity (Wildman–Crippen MR) is 66.0 cm³/mol. The van der Waals surface area contributed by atoms with Crippen LogP contribution >= 0.6 is 0 Å². The van der Waals surface area contributed by atoms with Gasteiger partial charge >= 0.3 is 0 Å². The lowest BCUT2D eigenvalue weighted by atomic mass is 9.87. The summed E-state index contributed by atoms with van der Waals surface area (Å²) in [5, 5.41) is 0. The van der Waals surface area contributed by atoms with Crippen molar-refractivity contribution in [3.63, 3.8) is 0 Å². The van der Waals surface area contributed by atoms with E-state index in [1.54, 1.807) is 0 Å². The van der Waals surface area contributed by atoms with Gasteiger partial charge in [-0.1, -0.05) is 51.5 Å². The van der Waals surface area contributed by atoms with Gasteiger partial charge in [0.25, 0.3) is 0 Å². The van der Waals surface area contributed by atoms with E-state index in [0.717, 1.165) is 18.9 Å². The van der Waals surface area contributed by atoms with E-state index in [1.165, 1.54) is 44.9 Å². The van der Waals surface area contributed by atoms with Gasteiger partial charge in [-0.05, 0) is 18.8 Å². The minimum absolute atomic E-state index is 0.290. The van der Waals surface area contributed by atoms with Gasteiger partial charge in [-0.2, -0.15) is 0 Å². The van der Waals surface area contributed by atoms with E-state index in [2.05, 4.69) is 13.5 Å². The second-order valence-electron chi connectivity index (χ2n) is 4.73. The van der Waals surface area contributed by atoms with E-state index in [4.69, 9.17) is 4.74 Å². The fraction of sp³-hybridized carbons (Fsp3) is 0.857. The lowest BCUT2D eigenvalue weighted by Gasteiger charge is -2.22. The van der Waals surface area contributed by atoms with E-state index >= 15 is 0 Å². The van der Waals surface area contributed by atoms with Crippen molar-refractivity contribution in [2.45, 2.75) is 64.4 Å². The number of hydrogen-bond donors (Lipinski definition) is 0. The van der Waals surface area contributed by atoms with Gasteiger partial charge in [0.05, 0.1) is 6.10 Å². The highest BCUT2D eigenvalue weighted by atomic mass is 16.5. The van der Waals surface area contributed by atoms with Gasteiger partial charge in [0.15, 0.2) is 0 Å². The van der Waals surface area contributed by atoms with Gasteiger partial charge in [0, 0.05) is 6.61 Å². The molecule has 0 heterocycles. The van der Waals surface area contributed by atoms with Crippen LogP contribution in [0.25, 0.3) is 0 Å². The quantitative estimate of drug-likeness (QED) is 0.568. The van der Waals surface area contributed by atoms with Crippen molar-refractivity contribution in [2.24, 2.45) is 5.92 Å². The molecular formula is C14H26O. The lowest BCUT2D eigenvalue weighted by Crippen LogP contribution is -2.14. The minimum Gasteiger partial charge on any atom is -0.374 e. The Bertz CT molecular complexity index is 159. The minimum atomic E-state index is 0.290. The van der Waals surface area contributed by atoms with Gasteiger partial charge in [-0.25, -0.2) is 0 Å². The number of hydrogen-bond acceptors (Lipinski definition) is 1. The fourth-order valence-corrected chi connectivity index (χ4v) is 2.42. The van der Waals surface area contributed by atoms with E-state index in [9.17, 15) is 0 Å². The van der Waals surface area contributed by atoms with Crippen molar-refractivity contribution in [3.05, 3.63) is 12.7 Å². The van der Waals surface area contributed by atoms with E-state index in [-0.39, 0.29) is 0 Å². The maximum absolute atomic E-state index is 5.82. The Labute approximate surface area is 94.9 Å². The van der Waals surface area contributed by atoms with Crippen molar-refractivity contribution >= 4 is 0 Å². The largest absolute Gasteiger partial charge is 0.374 e. The molecule has 0 radical (unpaired) electrons. The van der Waals surface area contributed by atoms with E-state index < -0.39 is 0 Å². The van der Waals surface area contributed by atoms with E-state index in [1.807, 2.05) is 6.08 Å². The summed E-state index contributed by atoms with van der Waals surface area (Å²) in [7, 11) is 0. The summed E-state index contributed by atoms with van der Waals surface area (Å²) in [6.45, 7) is 6.95. The fourth-order valence-electron chi connectivity index (χ4n) is 2.42. The van der Waals surface area contributed by atoms with E-state index in [0.29, 0.717) is 6.10 Å². The summed E-state index contributed by atoms with van der Waals surface area (Å²) >= 11 is 0. The third-order valence-electron chi connectivity index (χ3n) is 3.42. The van der Waals surface area contributed by atoms with Crippen LogP contribution < -0.4 is 0 Å². The summed E-state index contributed by atoms with van der Waals surface area (Å²) in [6.07, 6.45) is 13.0. The summed E-state index contributed by atoms with van der Waals surface area (Å²) < 4.78 is 5.82. The molecule has 0 spiro atoms. The first-order chi connectivity index (χ1) is 7.36. The van der Waals surface area contributed by atoms with Crippen molar-refractivity contribution in [1.29, 1.82) is 0 Å². The highest BCUT2D eigenvalue weighted by molar-refractivity contribution is 4.79. The molecule has 1 heteroatoms. The molecule has 1 nitrogen and oxygen atoms in total. The van der Waals surface area contributed by atoms with Crippen LogP contribution in [0.1, 0.15) is 58.3 Å². The SMILES string of the molecule is C=C[C@@H](CCC)OCCC1CCCCC1. The summed E-state index contributed by atoms with van der Waals surface area (Å²) in [5.41, 5.74) is 0. The van der Waals surface area contributed by atoms with Crippen LogP contribution in [0.4, 0.5) is 0 Å². The Hall–Kier alpha value is -0.300. The first-order valence-electron chi connectivity index (χ1n) is 6.61. The van der Waals surface area contributed by atoms with Crippen LogP contribution in [-0.2, 0) is 4.74 Å². The third-order valence-corrected chi connectivity index (χ3v) is 3.42. The number of rotatable bonds is 7. The molecule has 1 fully saturated rings. The normalized spacial score (nSPS) is 20.1. The van der Waals surface area contributed by atoms with Crippen LogP contribution in [0.15, 0.2) is 12.7 Å². The Morgan fingerprint density at radius 1 is 1.33 bits per heavy atom. The summed E-state index contributed by atoms with van der Waals surface area (Å²) in [4.78, 5) is 0. The molecule has 0 N–H and O–H groups in total. The monoisotopic (exact) mass is 210 g/mol. The van der Waals surface area contributed by atoms with Crippen molar-refractivity contribution in [3.8, 4) is 0 Å². The second kappa shape index (κ2) is 7.92. The lowest BCUT2D eigenvalue weighted by molar-refractivity contribution is 0.0653. The molecule has 15 heavy (non-hydrogen) atoms. The Morgan fingerprint density at radius 3 is 2.67 bits per heavy atom. The molecule has 0 aromatic carbocycles. The topological polar surface area (TPSA) is 9.23 Å². The zero-order chi connectivity index (χ0) is 10.9. The molecule has 0 aromatic rings. The Kier molecular flexibility index (Phi) is 6.74. The summed E-state index contributed by atoms with van der Waals surface area (Å²) in [6, 6.07) is 0. The maximum atomic E-state index is 5.82. The maximum Gasteiger partial charge on any atom is 0.0753 e. The van der Waals surface area contributed by atoms with Crippen molar-refractivity contribution in [2.75, 3.05) is 6.61 Å². The zero-order valence-corrected chi connectivity index (χ0v) is 10.2. The van der Waals surface area contributed by atoms with Crippen LogP contribution in [0.3, 0.4) is 0 Å². The molecule has 0 aromatic heterocycles. The predicted octanol–water partition coefficient (Wildman–Crippen LogP) is 4.33. The molecule has 1 rings (SSSR count). The van der Waals surface area contributed by atoms with Gasteiger partial charge in [0.2, 0.25) is 0 Å². The third kappa shape index (κ3) is 5.36. The Balaban J connectivity index is 2.05. The van der Waals surface area contributed by atoms with Crippen LogP contribution in [0.5, 0.6) is 0 Å². The van der Waals surface area contributed by atoms with Crippen molar-refractivity contribution < 1.29 is 4.74 Å². The highest BCUT2D eigenvalue weighted by Gasteiger charge is 2.13.